The van der Waals surface area contributed by atoms with Crippen LogP contribution < -0.4 is 5.56 Å². The largest absolute Gasteiger partial charge is 0.460 e. The van der Waals surface area contributed by atoms with Crippen molar-refractivity contribution in [1.29, 1.82) is 0 Å². The zero-order chi connectivity index (χ0) is 17.8. The Morgan fingerprint density at radius 1 is 0.913 bits per heavy atom. The first-order chi connectivity index (χ1) is 10.2. The van der Waals surface area contributed by atoms with Gasteiger partial charge in [0.15, 0.2) is 17.0 Å². The lowest BCUT2D eigenvalue weighted by Crippen LogP contribution is -2.59. The van der Waals surface area contributed by atoms with Crippen LogP contribution in [0.15, 0.2) is 11.1 Å². The molecular formula is C9H3F9N4O. The number of hydrogen-bond acceptors (Lipinski definition) is 3. The van der Waals surface area contributed by atoms with Gasteiger partial charge in [0.05, 0.1) is 6.33 Å². The van der Waals surface area contributed by atoms with Gasteiger partial charge in [0.25, 0.3) is 5.56 Å². The number of H-pyrrole nitrogens is 2. The lowest BCUT2D eigenvalue weighted by atomic mass is 10.0. The number of halogens is 9. The summed E-state index contributed by atoms with van der Waals surface area (Å²) < 4.78 is 115. The van der Waals surface area contributed by atoms with Crippen LogP contribution in [0.25, 0.3) is 11.2 Å². The second kappa shape index (κ2) is 4.61. The third-order valence-electron chi connectivity index (χ3n) is 2.74. The molecule has 0 saturated carbocycles. The Balaban J connectivity index is 2.63. The van der Waals surface area contributed by atoms with E-state index in [1.807, 2.05) is 4.98 Å². The first-order valence-corrected chi connectivity index (χ1v) is 5.37. The second-order valence-electron chi connectivity index (χ2n) is 4.24. The van der Waals surface area contributed by atoms with Crippen LogP contribution in [0.4, 0.5) is 39.5 Å². The fraction of sp³-hybridized carbons (Fsp3) is 0.444. The van der Waals surface area contributed by atoms with Crippen molar-refractivity contribution in [3.05, 3.63) is 22.5 Å². The maximum atomic E-state index is 13.6. The van der Waals surface area contributed by atoms with Gasteiger partial charge in [-0.15, -0.1) is 0 Å². The standard InChI is InChI=1S/C9H3F9N4O/c10-6(11,7(12,13)8(14,15)9(16,17)18)5-21-2-3(22-5)19-1-20-4(2)23/h1H,(H2,19,20,21,22,23). The summed E-state index contributed by atoms with van der Waals surface area (Å²) in [7, 11) is 0. The van der Waals surface area contributed by atoms with E-state index in [-0.39, 0.29) is 0 Å². The van der Waals surface area contributed by atoms with Crippen molar-refractivity contribution in [3.8, 4) is 0 Å². The quantitative estimate of drug-likeness (QED) is 0.832. The van der Waals surface area contributed by atoms with Crippen molar-refractivity contribution in [1.82, 2.24) is 19.9 Å². The van der Waals surface area contributed by atoms with Crippen molar-refractivity contribution < 1.29 is 39.5 Å². The third-order valence-corrected chi connectivity index (χ3v) is 2.74. The Bertz CT molecular complexity index is 790. The lowest BCUT2D eigenvalue weighted by molar-refractivity contribution is -0.400. The fourth-order valence-electron chi connectivity index (χ4n) is 1.51. The summed E-state index contributed by atoms with van der Waals surface area (Å²) in [6, 6.07) is 0. The highest BCUT2D eigenvalue weighted by atomic mass is 19.4. The van der Waals surface area contributed by atoms with Crippen LogP contribution in [0, 0.1) is 0 Å². The van der Waals surface area contributed by atoms with Gasteiger partial charge >= 0.3 is 23.9 Å². The highest BCUT2D eigenvalue weighted by molar-refractivity contribution is 5.68. The predicted octanol–water partition coefficient (Wildman–Crippen LogP) is 2.57. The van der Waals surface area contributed by atoms with Crippen LogP contribution in [0.5, 0.6) is 0 Å². The molecular weight excluding hydrogens is 351 g/mol. The average Bonchev–Trinajstić information content (AvgIpc) is 2.83. The minimum Gasteiger partial charge on any atom is -0.331 e. The number of rotatable bonds is 3. The minimum atomic E-state index is -7.05. The molecule has 0 aromatic carbocycles. The molecule has 14 heteroatoms. The number of fused-ring (bicyclic) bond motifs is 1. The van der Waals surface area contributed by atoms with E-state index in [9.17, 15) is 44.3 Å². The molecule has 0 spiro atoms. The SMILES string of the molecule is O=c1[nH]cnc2nc(C(F)(F)C(F)(F)C(F)(F)C(F)(F)F)[nH]c12. The fourth-order valence-corrected chi connectivity index (χ4v) is 1.51. The Morgan fingerprint density at radius 3 is 1.96 bits per heavy atom. The van der Waals surface area contributed by atoms with E-state index in [4.69, 9.17) is 0 Å². The number of hydrogen-bond donors (Lipinski definition) is 2. The van der Waals surface area contributed by atoms with Gasteiger partial charge in [-0.05, 0) is 0 Å². The molecule has 0 fully saturated rings. The normalized spacial score (nSPS) is 14.5. The van der Waals surface area contributed by atoms with Gasteiger partial charge in [0, 0.05) is 0 Å². The van der Waals surface area contributed by atoms with E-state index < -0.39 is 46.5 Å². The highest BCUT2D eigenvalue weighted by Crippen LogP contribution is 2.56. The van der Waals surface area contributed by atoms with Gasteiger partial charge in [-0.25, -0.2) is 9.97 Å². The molecule has 128 valence electrons. The summed E-state index contributed by atoms with van der Waals surface area (Å²) in [5.74, 6) is -22.3. The number of aromatic nitrogens is 4. The number of nitrogens with one attached hydrogen (secondary N) is 2. The molecule has 23 heavy (non-hydrogen) atoms. The Hall–Kier alpha value is -2.28. The maximum absolute atomic E-state index is 13.6. The zero-order valence-corrected chi connectivity index (χ0v) is 10.3. The predicted molar refractivity (Wildman–Crippen MR) is 54.4 cm³/mol. The first-order valence-electron chi connectivity index (χ1n) is 5.37. The summed E-state index contributed by atoms with van der Waals surface area (Å²) >= 11 is 0. The van der Waals surface area contributed by atoms with E-state index in [0.29, 0.717) is 6.33 Å². The summed E-state index contributed by atoms with van der Waals surface area (Å²) in [5, 5.41) is 0. The van der Waals surface area contributed by atoms with Gasteiger partial charge in [-0.3, -0.25) is 4.79 Å². The van der Waals surface area contributed by atoms with Crippen molar-refractivity contribution in [3.63, 3.8) is 0 Å². The van der Waals surface area contributed by atoms with Crippen LogP contribution in [-0.4, -0.2) is 38.0 Å². The topological polar surface area (TPSA) is 74.4 Å². The number of alkyl halides is 9. The molecule has 0 aliphatic rings. The Kier molecular flexibility index (Phi) is 3.42. The molecule has 2 N–H and O–H groups in total. The van der Waals surface area contributed by atoms with E-state index in [0.717, 1.165) is 0 Å². The molecule has 0 saturated heterocycles. The van der Waals surface area contributed by atoms with Crippen molar-refractivity contribution in [2.75, 3.05) is 0 Å². The van der Waals surface area contributed by atoms with Crippen molar-refractivity contribution in [2.24, 2.45) is 0 Å². The van der Waals surface area contributed by atoms with E-state index in [1.165, 1.54) is 4.98 Å². The molecule has 0 aliphatic carbocycles. The van der Waals surface area contributed by atoms with Crippen LogP contribution in [-0.2, 0) is 5.92 Å². The smallest absolute Gasteiger partial charge is 0.331 e. The highest BCUT2D eigenvalue weighted by Gasteiger charge is 2.82. The number of aromatic amines is 2. The van der Waals surface area contributed by atoms with Crippen LogP contribution >= 0.6 is 0 Å². The van der Waals surface area contributed by atoms with Crippen LogP contribution in [0.3, 0.4) is 0 Å². The molecule has 0 amide bonds. The molecule has 0 bridgehead atoms. The van der Waals surface area contributed by atoms with Crippen LogP contribution in [0.1, 0.15) is 5.82 Å². The number of imidazole rings is 1. The summed E-state index contributed by atoms with van der Waals surface area (Å²) in [6.45, 7) is 0. The lowest BCUT2D eigenvalue weighted by Gasteiger charge is -2.32. The summed E-state index contributed by atoms with van der Waals surface area (Å²) in [6.07, 6.45) is -6.31. The monoisotopic (exact) mass is 354 g/mol. The van der Waals surface area contributed by atoms with E-state index in [2.05, 4.69) is 9.97 Å². The van der Waals surface area contributed by atoms with Gasteiger partial charge in [-0.2, -0.15) is 39.5 Å². The van der Waals surface area contributed by atoms with Gasteiger partial charge in [-0.1, -0.05) is 0 Å². The molecule has 2 heterocycles. The molecule has 0 unspecified atom stereocenters. The zero-order valence-electron chi connectivity index (χ0n) is 10.3. The molecule has 2 aromatic rings. The average molecular weight is 354 g/mol. The Morgan fingerprint density at radius 2 is 1.48 bits per heavy atom. The molecule has 2 aromatic heterocycles. The molecule has 5 nitrogen and oxygen atoms in total. The third kappa shape index (κ3) is 2.23. The molecule has 2 rings (SSSR count). The van der Waals surface area contributed by atoms with Gasteiger partial charge in [0.1, 0.15) is 0 Å². The molecule has 0 radical (unpaired) electrons. The van der Waals surface area contributed by atoms with Crippen LogP contribution in [0.2, 0.25) is 0 Å². The minimum absolute atomic E-state index is 0.635. The van der Waals surface area contributed by atoms with Gasteiger partial charge < -0.3 is 9.97 Å². The maximum Gasteiger partial charge on any atom is 0.460 e. The van der Waals surface area contributed by atoms with E-state index >= 15 is 0 Å². The number of nitrogens with zero attached hydrogens (tertiary/aromatic N) is 2. The van der Waals surface area contributed by atoms with Gasteiger partial charge in [0.2, 0.25) is 0 Å². The summed E-state index contributed by atoms with van der Waals surface area (Å²) in [5.41, 5.74) is -2.93. The first kappa shape index (κ1) is 17.1. The second-order valence-corrected chi connectivity index (χ2v) is 4.24. The van der Waals surface area contributed by atoms with Crippen molar-refractivity contribution in [2.45, 2.75) is 23.9 Å². The summed E-state index contributed by atoms with van der Waals surface area (Å²) in [4.78, 5) is 20.2. The molecule has 0 atom stereocenters. The Labute approximate surface area is 118 Å². The molecule has 0 aliphatic heterocycles. The van der Waals surface area contributed by atoms with Crippen molar-refractivity contribution >= 4 is 11.2 Å². The van der Waals surface area contributed by atoms with E-state index in [1.54, 1.807) is 0 Å².